The van der Waals surface area contributed by atoms with E-state index in [-0.39, 0.29) is 42.8 Å². The number of aromatic nitrogens is 3. The van der Waals surface area contributed by atoms with E-state index in [1.165, 1.54) is 0 Å². The summed E-state index contributed by atoms with van der Waals surface area (Å²) in [5.41, 5.74) is 1.68. The Hall–Kier alpha value is -0.112. The van der Waals surface area contributed by atoms with Gasteiger partial charge in [-0.2, -0.15) is 0 Å². The summed E-state index contributed by atoms with van der Waals surface area (Å²) < 4.78 is 2.30. The van der Waals surface area contributed by atoms with Crippen LogP contribution in [0.3, 0.4) is 0 Å². The van der Waals surface area contributed by atoms with Crippen LogP contribution in [-0.4, -0.2) is 9.50 Å². The van der Waals surface area contributed by atoms with E-state index in [0.29, 0.717) is 0.865 Å². The Morgan fingerprint density at radius 3 is 3.00 bits per heavy atom. The summed E-state index contributed by atoms with van der Waals surface area (Å²) in [7, 11) is 0. The topological polar surface area (TPSA) is 44.2 Å². The standard InChI is InChI=1S/C7H6N3O.Ra.H/c1-6-3-2-4-7-8-5-9(11)10(6)7;;/h2-4H,1H3;;. The van der Waals surface area contributed by atoms with E-state index in [1.54, 1.807) is 4.52 Å². The molecule has 2 heterocycles. The second-order valence-corrected chi connectivity index (χ2v) is 6.45. The summed E-state index contributed by atoms with van der Waals surface area (Å²) in [5.74, 6) is 0. The molecular weight excluding hydrogens is 368 g/mol. The van der Waals surface area contributed by atoms with Crippen molar-refractivity contribution in [2.75, 3.05) is 0 Å². The molecule has 0 N–H and O–H groups in total. The zero-order valence-corrected chi connectivity index (χ0v) is 15.2. The van der Waals surface area contributed by atoms with E-state index < -0.39 is 0 Å². The van der Waals surface area contributed by atoms with Crippen molar-refractivity contribution in [2.45, 2.75) is 6.92 Å². The zero-order valence-electron chi connectivity index (χ0n) is 6.98. The third kappa shape index (κ3) is 1.17. The van der Waals surface area contributed by atoms with Crippen molar-refractivity contribution in [2.24, 2.45) is 0 Å². The van der Waals surface area contributed by atoms with Gasteiger partial charge in [0, 0.05) is 0 Å². The predicted molar refractivity (Wildman–Crippen MR) is 39.9 cm³/mol. The van der Waals surface area contributed by atoms with Crippen molar-refractivity contribution in [3.8, 4) is 0 Å². The van der Waals surface area contributed by atoms with Crippen LogP contribution in [0.15, 0.2) is 18.2 Å². The van der Waals surface area contributed by atoms with Crippen molar-refractivity contribution in [1.82, 2.24) is 9.50 Å². The van der Waals surface area contributed by atoms with Gasteiger partial charge in [0.2, 0.25) is 0 Å². The van der Waals surface area contributed by atoms with Crippen molar-refractivity contribution < 1.29 is 47.6 Å². The summed E-state index contributed by atoms with van der Waals surface area (Å²) in [5, 5.41) is 11.4. The number of hydrogen-bond acceptors (Lipinski definition) is 2. The molecule has 0 aliphatic carbocycles. The second kappa shape index (κ2) is 2.98. The third-order valence-electron chi connectivity index (χ3n) is 1.87. The van der Waals surface area contributed by atoms with Crippen molar-refractivity contribution in [3.05, 3.63) is 29.1 Å². The fraction of sp³-hybridized carbons (Fsp3) is 0.143. The van der Waals surface area contributed by atoms with E-state index in [4.69, 9.17) is 0 Å². The molecule has 0 fully saturated rings. The summed E-state index contributed by atoms with van der Waals surface area (Å²) in [4.78, 5) is 5.09. The van der Waals surface area contributed by atoms with E-state index in [1.807, 2.05) is 25.1 Å². The second-order valence-electron chi connectivity index (χ2n) is 2.77. The number of hydrogen-bond donors (Lipinski definition) is 0. The molecule has 2 aromatic rings. The zero-order chi connectivity index (χ0) is 8.72. The maximum absolute atomic E-state index is 11.4. The molecule has 4 nitrogen and oxygen atoms in total. The number of nitrogens with zero attached hydrogens (tertiary/aromatic N) is 3. The molecule has 5 heteroatoms. The Labute approximate surface area is 98.5 Å². The Morgan fingerprint density at radius 1 is 1.58 bits per heavy atom. The molecule has 0 bridgehead atoms. The van der Waals surface area contributed by atoms with Gasteiger partial charge in [0.05, 0.1) is 0 Å². The fourth-order valence-electron chi connectivity index (χ4n) is 1.27. The molecule has 0 aliphatic rings. The van der Waals surface area contributed by atoms with Crippen LogP contribution in [-0.2, 0) is 0 Å². The molecule has 0 spiro atoms. The molecule has 2 aromatic heterocycles. The summed E-state index contributed by atoms with van der Waals surface area (Å²) in [6.07, 6.45) is 0. The Bertz CT molecular complexity index is 437. The van der Waals surface area contributed by atoms with E-state index in [2.05, 4.69) is 4.98 Å². The van der Waals surface area contributed by atoms with Gasteiger partial charge < -0.3 is 0 Å². The molecule has 0 atom stereocenters. The molecule has 0 saturated carbocycles. The molecule has 2 rings (SSSR count). The Balaban J connectivity index is 2.97. The average molecular weight is 375 g/mol. The van der Waals surface area contributed by atoms with Crippen LogP contribution in [0.25, 0.3) is 5.65 Å². The van der Waals surface area contributed by atoms with Crippen molar-refractivity contribution in [3.63, 3.8) is 0 Å². The van der Waals surface area contributed by atoms with Crippen LogP contribution in [0.1, 0.15) is 5.69 Å². The van der Waals surface area contributed by atoms with Crippen LogP contribution >= 0.6 is 0 Å². The number of pyridine rings is 1. The first-order chi connectivity index (χ1) is 5.70. The summed E-state index contributed by atoms with van der Waals surface area (Å²) in [6.45, 7) is 1.90. The van der Waals surface area contributed by atoms with Gasteiger partial charge in [-0.1, -0.05) is 0 Å². The van der Waals surface area contributed by atoms with E-state index in [0.717, 1.165) is 16.2 Å². The SMILES string of the molecule is Cc1cccc2n[c]([RaH])[n+]([O-])n12. The minimum atomic E-state index is 0.0197. The first-order valence-corrected chi connectivity index (χ1v) is 7.85. The fourth-order valence-corrected chi connectivity index (χ4v) is 3.03. The Kier molecular flexibility index (Phi) is 2.11. The van der Waals surface area contributed by atoms with Crippen molar-refractivity contribution >= 4 is 6.51 Å². The number of fused-ring (bicyclic) bond motifs is 1. The van der Waals surface area contributed by atoms with Crippen LogP contribution in [0.2, 0.25) is 0 Å². The van der Waals surface area contributed by atoms with Gasteiger partial charge in [-0.15, -0.1) is 0 Å². The normalized spacial score (nSPS) is 10.7. The van der Waals surface area contributed by atoms with Crippen LogP contribution < -0.4 is 5.71 Å². The molecule has 0 aliphatic heterocycles. The van der Waals surface area contributed by atoms with E-state index >= 15 is 0 Å². The van der Waals surface area contributed by atoms with Crippen LogP contribution in [0.5, 0.6) is 0 Å². The first kappa shape index (κ1) is 8.48. The van der Waals surface area contributed by atoms with Gasteiger partial charge in [-0.25, -0.2) is 0 Å². The Morgan fingerprint density at radius 2 is 2.33 bits per heavy atom. The number of aryl methyl sites for hydroxylation is 1. The first-order valence-electron chi connectivity index (χ1n) is 3.74. The van der Waals surface area contributed by atoms with Gasteiger partial charge >= 0.3 is 99.7 Å². The predicted octanol–water partition coefficient (Wildman–Crippen LogP) is -0.817. The summed E-state index contributed by atoms with van der Waals surface area (Å²) >= 11 is 0.0197. The number of rotatable bonds is 0. The molecule has 0 radical (unpaired) electrons. The molecule has 12 heavy (non-hydrogen) atoms. The van der Waals surface area contributed by atoms with Gasteiger partial charge in [-0.05, 0) is 0 Å². The van der Waals surface area contributed by atoms with Crippen LogP contribution in [0, 0.1) is 54.9 Å². The van der Waals surface area contributed by atoms with Gasteiger partial charge in [0.25, 0.3) is 0 Å². The van der Waals surface area contributed by atoms with E-state index in [9.17, 15) is 5.21 Å². The monoisotopic (exact) mass is 375 g/mol. The molecule has 58 valence electrons. The van der Waals surface area contributed by atoms with Gasteiger partial charge in [-0.3, -0.25) is 0 Å². The van der Waals surface area contributed by atoms with Gasteiger partial charge in [0.15, 0.2) is 0 Å². The molecule has 0 unspecified atom stereocenters. The maximum atomic E-state index is 11.4. The summed E-state index contributed by atoms with van der Waals surface area (Å²) in [6, 6.07) is 5.67. The molecule has 0 saturated heterocycles. The molecular formula is C7H7N3ORa. The minimum absolute atomic E-state index is 0.0197. The molecule has 0 amide bonds. The third-order valence-corrected chi connectivity index (χ3v) is 4.36. The van der Waals surface area contributed by atoms with Crippen LogP contribution in [0.4, 0.5) is 0 Å². The molecule has 0 aromatic carbocycles. The van der Waals surface area contributed by atoms with Gasteiger partial charge in [0.1, 0.15) is 0 Å². The average Bonchev–Trinajstić information content (AvgIpc) is 2.29. The van der Waals surface area contributed by atoms with Crippen molar-refractivity contribution in [1.29, 1.82) is 0 Å². The quantitative estimate of drug-likeness (QED) is 0.447.